The lowest BCUT2D eigenvalue weighted by Crippen LogP contribution is -2.03. The van der Waals surface area contributed by atoms with Crippen LogP contribution in [0.1, 0.15) is 88.0 Å². The summed E-state index contributed by atoms with van der Waals surface area (Å²) in [6.45, 7) is 5.77. The fourth-order valence-electron chi connectivity index (χ4n) is 5.73. The SMILES string of the molecule is CCCCCCOc1cccc(OCCCCCC)c1-c1cc2cc3nc(c(Br)c4ccc(cc5nc(c(Br)c1[nH]2)C=C5)[nH]4)C=C3. The van der Waals surface area contributed by atoms with Gasteiger partial charge >= 0.3 is 0 Å². The molecule has 8 heteroatoms. The topological polar surface area (TPSA) is 75.8 Å². The Morgan fingerprint density at radius 2 is 1.24 bits per heavy atom. The van der Waals surface area contributed by atoms with E-state index < -0.39 is 0 Å². The van der Waals surface area contributed by atoms with Crippen molar-refractivity contribution in [2.75, 3.05) is 13.2 Å². The minimum absolute atomic E-state index is 0.659. The number of ether oxygens (including phenoxy) is 2. The number of rotatable bonds is 13. The van der Waals surface area contributed by atoms with Crippen LogP contribution in [0.3, 0.4) is 0 Å². The maximum atomic E-state index is 6.50. The summed E-state index contributed by atoms with van der Waals surface area (Å²) >= 11 is 7.71. The Balaban J connectivity index is 1.54. The average molecular weight is 745 g/mol. The Kier molecular flexibility index (Phi) is 10.8. The molecule has 0 unspecified atom stereocenters. The van der Waals surface area contributed by atoms with Crippen LogP contribution in [-0.2, 0) is 0 Å². The van der Waals surface area contributed by atoms with Crippen LogP contribution in [0.5, 0.6) is 11.5 Å². The second kappa shape index (κ2) is 15.3. The predicted molar refractivity (Wildman–Crippen MR) is 199 cm³/mol. The van der Waals surface area contributed by atoms with Gasteiger partial charge in [-0.25, -0.2) is 9.97 Å². The first-order valence-corrected chi connectivity index (χ1v) is 18.0. The Hall–Kier alpha value is -3.62. The van der Waals surface area contributed by atoms with Gasteiger partial charge in [0.15, 0.2) is 0 Å². The van der Waals surface area contributed by atoms with Crippen molar-refractivity contribution in [1.82, 2.24) is 19.9 Å². The van der Waals surface area contributed by atoms with Crippen molar-refractivity contribution in [2.24, 2.45) is 0 Å². The van der Waals surface area contributed by atoms with E-state index in [4.69, 9.17) is 19.4 Å². The van der Waals surface area contributed by atoms with Gasteiger partial charge in [-0.3, -0.25) is 0 Å². The molecule has 0 saturated carbocycles. The molecule has 2 aliphatic heterocycles. The third kappa shape index (κ3) is 7.50. The van der Waals surface area contributed by atoms with E-state index in [0.29, 0.717) is 13.2 Å². The van der Waals surface area contributed by atoms with E-state index >= 15 is 0 Å². The van der Waals surface area contributed by atoms with Crippen LogP contribution in [0.15, 0.2) is 57.5 Å². The van der Waals surface area contributed by atoms with Crippen LogP contribution in [-0.4, -0.2) is 33.1 Å². The lowest BCUT2D eigenvalue weighted by Gasteiger charge is -2.16. The van der Waals surface area contributed by atoms with E-state index in [0.717, 1.165) is 102 Å². The van der Waals surface area contributed by atoms with Crippen molar-refractivity contribution in [3.8, 4) is 22.6 Å². The molecule has 0 radical (unpaired) electrons. The predicted octanol–water partition coefficient (Wildman–Crippen LogP) is 11.8. The number of nitrogens with one attached hydrogen (secondary N) is 2. The Morgan fingerprint density at radius 1 is 0.630 bits per heavy atom. The van der Waals surface area contributed by atoms with E-state index in [1.165, 1.54) is 25.7 Å². The summed E-state index contributed by atoms with van der Waals surface area (Å²) in [5.74, 6) is 1.64. The third-order valence-corrected chi connectivity index (χ3v) is 9.79. The fraction of sp³-hybridized carbons (Fsp3) is 0.316. The molecule has 4 aromatic rings. The number of hydrogen-bond donors (Lipinski definition) is 2. The molecule has 3 aromatic heterocycles. The molecule has 0 amide bonds. The zero-order valence-corrected chi connectivity index (χ0v) is 29.6. The highest BCUT2D eigenvalue weighted by molar-refractivity contribution is 9.11. The normalized spacial score (nSPS) is 12.2. The van der Waals surface area contributed by atoms with Gasteiger partial charge in [-0.2, -0.15) is 0 Å². The lowest BCUT2D eigenvalue weighted by molar-refractivity contribution is 0.292. The quantitative estimate of drug-likeness (QED) is 0.115. The highest BCUT2D eigenvalue weighted by Crippen LogP contribution is 2.43. The summed E-state index contributed by atoms with van der Waals surface area (Å²) in [6, 6.07) is 16.5. The largest absolute Gasteiger partial charge is 0.493 e. The minimum Gasteiger partial charge on any atom is -0.493 e. The zero-order chi connectivity index (χ0) is 31.9. The standard InChI is InChI=1S/C38H40Br2N4O2/c1-3-5-7-9-20-45-33-12-11-13-34(46-21-10-8-6-4-2)35(33)29-24-28-23-27-15-18-31(42-27)36(39)30-17-14-25(41-30)22-26-16-19-32(43-26)37(40)38(29)44-28/h11-19,22-24,41,44H,3-10,20-21H2,1-2H3. The molecule has 2 aliphatic rings. The van der Waals surface area contributed by atoms with Gasteiger partial charge in [0, 0.05) is 16.6 Å². The summed E-state index contributed by atoms with van der Waals surface area (Å²) < 4.78 is 14.8. The molecule has 6 rings (SSSR count). The maximum Gasteiger partial charge on any atom is 0.130 e. The zero-order valence-electron chi connectivity index (χ0n) is 26.5. The average Bonchev–Trinajstić information content (AvgIpc) is 3.88. The smallest absolute Gasteiger partial charge is 0.130 e. The molecule has 6 nitrogen and oxygen atoms in total. The highest BCUT2D eigenvalue weighted by Gasteiger charge is 2.20. The number of nitrogens with zero attached hydrogens (tertiary/aromatic N) is 2. The molecule has 2 N–H and O–H groups in total. The first kappa shape index (κ1) is 32.3. The molecular weight excluding hydrogens is 704 g/mol. The molecule has 0 spiro atoms. The summed E-state index contributed by atoms with van der Waals surface area (Å²) in [5, 5.41) is 0. The van der Waals surface area contributed by atoms with Crippen LogP contribution in [0, 0.1) is 0 Å². The van der Waals surface area contributed by atoms with Crippen molar-refractivity contribution in [2.45, 2.75) is 65.2 Å². The number of fused-ring (bicyclic) bond motifs is 8. The fourth-order valence-corrected chi connectivity index (χ4v) is 6.72. The number of halogens is 2. The number of aromatic amines is 2. The van der Waals surface area contributed by atoms with Gasteiger partial charge in [0.05, 0.1) is 61.5 Å². The summed E-state index contributed by atoms with van der Waals surface area (Å²) in [7, 11) is 0. The number of unbranched alkanes of at least 4 members (excludes halogenated alkanes) is 6. The van der Waals surface area contributed by atoms with E-state index in [1.54, 1.807) is 0 Å². The van der Waals surface area contributed by atoms with Crippen molar-refractivity contribution < 1.29 is 9.47 Å². The highest BCUT2D eigenvalue weighted by atomic mass is 79.9. The van der Waals surface area contributed by atoms with Gasteiger partial charge in [0.25, 0.3) is 0 Å². The van der Waals surface area contributed by atoms with Crippen molar-refractivity contribution in [1.29, 1.82) is 0 Å². The number of benzene rings is 1. The molecular formula is C38H40Br2N4O2. The second-order valence-electron chi connectivity index (χ2n) is 11.7. The number of H-pyrrole nitrogens is 2. The van der Waals surface area contributed by atoms with Crippen LogP contribution >= 0.6 is 31.9 Å². The van der Waals surface area contributed by atoms with E-state index in [-0.39, 0.29) is 0 Å². The van der Waals surface area contributed by atoms with E-state index in [2.05, 4.69) is 86.0 Å². The van der Waals surface area contributed by atoms with Crippen LogP contribution in [0.25, 0.3) is 57.5 Å². The number of hydrogen-bond acceptors (Lipinski definition) is 4. The summed E-state index contributed by atoms with van der Waals surface area (Å²) in [5.41, 5.74) is 9.09. The lowest BCUT2D eigenvalue weighted by atomic mass is 10.0. The van der Waals surface area contributed by atoms with Crippen LogP contribution in [0.2, 0.25) is 0 Å². The molecule has 0 fully saturated rings. The molecule has 46 heavy (non-hydrogen) atoms. The first-order valence-electron chi connectivity index (χ1n) is 16.4. The van der Waals surface area contributed by atoms with E-state index in [9.17, 15) is 0 Å². The van der Waals surface area contributed by atoms with Gasteiger partial charge in [-0.1, -0.05) is 58.4 Å². The van der Waals surface area contributed by atoms with Crippen molar-refractivity contribution in [3.05, 3.63) is 80.3 Å². The molecule has 8 bridgehead atoms. The molecule has 0 atom stereocenters. The molecule has 1 aromatic carbocycles. The minimum atomic E-state index is 0.659. The maximum absolute atomic E-state index is 6.50. The first-order chi connectivity index (χ1) is 22.5. The molecule has 0 saturated heterocycles. The molecule has 5 heterocycles. The third-order valence-electron chi connectivity index (χ3n) is 8.15. The summed E-state index contributed by atoms with van der Waals surface area (Å²) in [4.78, 5) is 17.0. The van der Waals surface area contributed by atoms with E-state index in [1.807, 2.05) is 42.5 Å². The van der Waals surface area contributed by atoms with Gasteiger partial charge in [0.2, 0.25) is 0 Å². The Labute approximate surface area is 287 Å². The number of aromatic nitrogens is 4. The van der Waals surface area contributed by atoms with Gasteiger partial charge in [-0.05, 0) is 111 Å². The van der Waals surface area contributed by atoms with Crippen molar-refractivity contribution in [3.63, 3.8) is 0 Å². The Bertz CT molecular complexity index is 1890. The molecule has 238 valence electrons. The van der Waals surface area contributed by atoms with Gasteiger partial charge < -0.3 is 19.4 Å². The van der Waals surface area contributed by atoms with Crippen LogP contribution in [0.4, 0.5) is 0 Å². The van der Waals surface area contributed by atoms with Crippen LogP contribution < -0.4 is 9.47 Å². The van der Waals surface area contributed by atoms with Gasteiger partial charge in [-0.15, -0.1) is 0 Å². The molecule has 0 aliphatic carbocycles. The Morgan fingerprint density at radius 3 is 1.87 bits per heavy atom. The van der Waals surface area contributed by atoms with Crippen molar-refractivity contribution >= 4 is 78.2 Å². The summed E-state index contributed by atoms with van der Waals surface area (Å²) in [6.07, 6.45) is 17.3. The second-order valence-corrected chi connectivity index (χ2v) is 13.3. The van der Waals surface area contributed by atoms with Gasteiger partial charge in [0.1, 0.15) is 11.5 Å². The monoisotopic (exact) mass is 742 g/mol.